The summed E-state index contributed by atoms with van der Waals surface area (Å²) in [6.45, 7) is 2.65. The van der Waals surface area contributed by atoms with Crippen LogP contribution in [-0.4, -0.2) is 35.0 Å². The second-order valence-corrected chi connectivity index (χ2v) is 8.07. The third kappa shape index (κ3) is 2.82. The molecule has 0 radical (unpaired) electrons. The standard InChI is InChI=1S/C23H19ClN2O4/c1-14-19(20(25-30-14)16-7-3-5-9-18(16)24)21(27)26-12-10-23(11-13-26)17-8-4-2-6-15(17)22(28)29-23/h2-9H,10-13H2,1H3. The van der Waals surface area contributed by atoms with E-state index in [-0.39, 0.29) is 11.9 Å². The fraction of sp³-hybridized carbons (Fsp3) is 0.261. The molecule has 0 aliphatic carbocycles. The zero-order valence-electron chi connectivity index (χ0n) is 16.4. The number of hydrogen-bond donors (Lipinski definition) is 0. The summed E-state index contributed by atoms with van der Waals surface area (Å²) in [5.41, 5.74) is 2.41. The van der Waals surface area contributed by atoms with Gasteiger partial charge in [0, 0.05) is 37.1 Å². The minimum Gasteiger partial charge on any atom is -0.450 e. The van der Waals surface area contributed by atoms with Gasteiger partial charge < -0.3 is 14.2 Å². The molecule has 0 saturated carbocycles. The van der Waals surface area contributed by atoms with Crippen molar-refractivity contribution in [2.24, 2.45) is 0 Å². The SMILES string of the molecule is Cc1onc(-c2ccccc2Cl)c1C(=O)N1CCC2(CC1)OC(=O)c1ccccc12. The van der Waals surface area contributed by atoms with Crippen LogP contribution in [0.15, 0.2) is 53.1 Å². The second-order valence-electron chi connectivity index (χ2n) is 7.66. The van der Waals surface area contributed by atoms with Crippen molar-refractivity contribution in [3.05, 3.63) is 76.0 Å². The summed E-state index contributed by atoms with van der Waals surface area (Å²) in [7, 11) is 0. The van der Waals surface area contributed by atoms with Crippen LogP contribution < -0.4 is 0 Å². The summed E-state index contributed by atoms with van der Waals surface area (Å²) in [5.74, 6) is 0.00485. The molecule has 6 nitrogen and oxygen atoms in total. The van der Waals surface area contributed by atoms with Crippen LogP contribution in [0.25, 0.3) is 11.3 Å². The van der Waals surface area contributed by atoms with Crippen molar-refractivity contribution in [2.45, 2.75) is 25.4 Å². The Kier molecular flexibility index (Phi) is 4.40. The predicted octanol–water partition coefficient (Wildman–Crippen LogP) is 4.61. The van der Waals surface area contributed by atoms with Gasteiger partial charge >= 0.3 is 5.97 Å². The van der Waals surface area contributed by atoms with Crippen LogP contribution in [0.2, 0.25) is 5.02 Å². The lowest BCUT2D eigenvalue weighted by Gasteiger charge is -2.38. The average Bonchev–Trinajstić information content (AvgIpc) is 3.27. The first-order valence-electron chi connectivity index (χ1n) is 9.83. The normalized spacial score (nSPS) is 17.1. The number of fused-ring (bicyclic) bond motifs is 2. The third-order valence-corrected chi connectivity index (χ3v) is 6.32. The summed E-state index contributed by atoms with van der Waals surface area (Å²) >= 11 is 6.32. The number of piperidine rings is 1. The molecule has 2 aliphatic heterocycles. The number of ether oxygens (including phenoxy) is 1. The van der Waals surface area contributed by atoms with Crippen LogP contribution in [-0.2, 0) is 10.3 Å². The van der Waals surface area contributed by atoms with Crippen LogP contribution in [0.3, 0.4) is 0 Å². The van der Waals surface area contributed by atoms with Gasteiger partial charge in [-0.15, -0.1) is 0 Å². The number of carbonyl (C=O) groups excluding carboxylic acids is 2. The van der Waals surface area contributed by atoms with E-state index in [1.54, 1.807) is 24.0 Å². The highest BCUT2D eigenvalue weighted by molar-refractivity contribution is 6.33. The lowest BCUT2D eigenvalue weighted by molar-refractivity contribution is -0.0389. The van der Waals surface area contributed by atoms with Gasteiger partial charge in [-0.05, 0) is 19.1 Å². The topological polar surface area (TPSA) is 72.6 Å². The van der Waals surface area contributed by atoms with E-state index in [1.807, 2.05) is 36.4 Å². The van der Waals surface area contributed by atoms with E-state index in [9.17, 15) is 9.59 Å². The van der Waals surface area contributed by atoms with Crippen LogP contribution in [0, 0.1) is 6.92 Å². The number of likely N-dealkylation sites (tertiary alicyclic amines) is 1. The van der Waals surface area contributed by atoms with Gasteiger partial charge in [-0.1, -0.05) is 53.2 Å². The lowest BCUT2D eigenvalue weighted by atomic mass is 9.83. The first kappa shape index (κ1) is 18.9. The van der Waals surface area contributed by atoms with Crippen molar-refractivity contribution >= 4 is 23.5 Å². The van der Waals surface area contributed by atoms with E-state index in [0.29, 0.717) is 59.1 Å². The van der Waals surface area contributed by atoms with Gasteiger partial charge in [0.05, 0.1) is 10.6 Å². The minimum absolute atomic E-state index is 0.156. The van der Waals surface area contributed by atoms with E-state index in [2.05, 4.69) is 5.16 Å². The summed E-state index contributed by atoms with van der Waals surface area (Å²) in [6, 6.07) is 14.7. The van der Waals surface area contributed by atoms with E-state index < -0.39 is 5.60 Å². The molecule has 152 valence electrons. The number of carbonyl (C=O) groups is 2. The number of esters is 1. The fourth-order valence-electron chi connectivity index (χ4n) is 4.41. The number of amides is 1. The molecular formula is C23H19ClN2O4. The summed E-state index contributed by atoms with van der Waals surface area (Å²) in [4.78, 5) is 27.4. The average molecular weight is 423 g/mol. The van der Waals surface area contributed by atoms with Crippen LogP contribution >= 0.6 is 11.6 Å². The monoisotopic (exact) mass is 422 g/mol. The van der Waals surface area contributed by atoms with Crippen molar-refractivity contribution in [2.75, 3.05) is 13.1 Å². The lowest BCUT2D eigenvalue weighted by Crippen LogP contribution is -2.45. The van der Waals surface area contributed by atoms with E-state index in [0.717, 1.165) is 5.56 Å². The van der Waals surface area contributed by atoms with Gasteiger partial charge in [-0.3, -0.25) is 4.79 Å². The Labute approximate surface area is 178 Å². The molecule has 1 saturated heterocycles. The predicted molar refractivity (Wildman–Crippen MR) is 110 cm³/mol. The first-order chi connectivity index (χ1) is 14.5. The molecule has 2 aliphatic rings. The Morgan fingerprint density at radius 2 is 1.73 bits per heavy atom. The highest BCUT2D eigenvalue weighted by atomic mass is 35.5. The largest absolute Gasteiger partial charge is 0.450 e. The molecule has 3 heterocycles. The van der Waals surface area contributed by atoms with E-state index in [1.165, 1.54) is 0 Å². The van der Waals surface area contributed by atoms with Gasteiger partial charge in [0.2, 0.25) is 0 Å². The van der Waals surface area contributed by atoms with E-state index in [4.69, 9.17) is 20.9 Å². The number of aromatic nitrogens is 1. The van der Waals surface area contributed by atoms with Gasteiger partial charge in [-0.2, -0.15) is 0 Å². The second kappa shape index (κ2) is 6.99. The molecule has 30 heavy (non-hydrogen) atoms. The Hall–Kier alpha value is -3.12. The molecule has 1 aromatic heterocycles. The molecule has 0 unspecified atom stereocenters. The van der Waals surface area contributed by atoms with Crippen LogP contribution in [0.5, 0.6) is 0 Å². The van der Waals surface area contributed by atoms with Crippen molar-refractivity contribution < 1.29 is 18.8 Å². The van der Waals surface area contributed by atoms with E-state index >= 15 is 0 Å². The molecule has 7 heteroatoms. The number of nitrogens with zero attached hydrogens (tertiary/aromatic N) is 2. The molecule has 0 N–H and O–H groups in total. The number of halogens is 1. The number of benzene rings is 2. The molecule has 1 fully saturated rings. The number of aryl methyl sites for hydroxylation is 1. The molecular weight excluding hydrogens is 404 g/mol. The highest BCUT2D eigenvalue weighted by Gasteiger charge is 2.48. The highest BCUT2D eigenvalue weighted by Crippen LogP contribution is 2.44. The summed E-state index contributed by atoms with van der Waals surface area (Å²) in [6.07, 6.45) is 1.10. The first-order valence-corrected chi connectivity index (χ1v) is 10.2. The Bertz CT molecular complexity index is 1160. The summed E-state index contributed by atoms with van der Waals surface area (Å²) < 4.78 is 11.1. The van der Waals surface area contributed by atoms with Crippen LogP contribution in [0.4, 0.5) is 0 Å². The molecule has 1 spiro atoms. The smallest absolute Gasteiger partial charge is 0.339 e. The zero-order valence-corrected chi connectivity index (χ0v) is 17.1. The maximum absolute atomic E-state index is 13.4. The Morgan fingerprint density at radius 1 is 1.07 bits per heavy atom. The van der Waals surface area contributed by atoms with Crippen LogP contribution in [0.1, 0.15) is 44.9 Å². The quantitative estimate of drug-likeness (QED) is 0.564. The fourth-order valence-corrected chi connectivity index (χ4v) is 4.63. The van der Waals surface area contributed by atoms with Crippen molar-refractivity contribution in [3.8, 4) is 11.3 Å². The Morgan fingerprint density at radius 3 is 2.47 bits per heavy atom. The minimum atomic E-state index is -0.653. The maximum atomic E-state index is 13.4. The van der Waals surface area contributed by atoms with Gasteiger partial charge in [0.1, 0.15) is 22.6 Å². The maximum Gasteiger partial charge on any atom is 0.339 e. The van der Waals surface area contributed by atoms with Crippen molar-refractivity contribution in [1.82, 2.24) is 10.1 Å². The molecule has 5 rings (SSSR count). The zero-order chi connectivity index (χ0) is 20.9. The van der Waals surface area contributed by atoms with Crippen molar-refractivity contribution in [1.29, 1.82) is 0 Å². The van der Waals surface area contributed by atoms with Gasteiger partial charge in [0.15, 0.2) is 0 Å². The molecule has 0 atom stereocenters. The van der Waals surface area contributed by atoms with Crippen molar-refractivity contribution in [3.63, 3.8) is 0 Å². The van der Waals surface area contributed by atoms with Gasteiger partial charge in [0.25, 0.3) is 5.91 Å². The molecule has 3 aromatic rings. The molecule has 1 amide bonds. The molecule has 0 bridgehead atoms. The van der Waals surface area contributed by atoms with Gasteiger partial charge in [-0.25, -0.2) is 4.79 Å². The molecule has 2 aromatic carbocycles. The summed E-state index contributed by atoms with van der Waals surface area (Å²) in [5, 5.41) is 4.60. The third-order valence-electron chi connectivity index (χ3n) is 5.99. The number of hydrogen-bond acceptors (Lipinski definition) is 5. The number of rotatable bonds is 2. The Balaban J connectivity index is 1.41.